The molecule has 3 aromatic rings. The normalized spacial score (nSPS) is 11.5. The van der Waals surface area contributed by atoms with Crippen LogP contribution >= 0.6 is 11.6 Å². The third kappa shape index (κ3) is 1.64. The highest BCUT2D eigenvalue weighted by Gasteiger charge is 2.20. The van der Waals surface area contributed by atoms with Crippen molar-refractivity contribution in [1.82, 2.24) is 29.6 Å². The van der Waals surface area contributed by atoms with Gasteiger partial charge in [-0.3, -0.25) is 4.68 Å². The lowest BCUT2D eigenvalue weighted by atomic mass is 10.2. The molecule has 0 aromatic carbocycles. The number of fused-ring (bicyclic) bond motifs is 1. The summed E-state index contributed by atoms with van der Waals surface area (Å²) in [5.74, 6) is 0.674. The highest BCUT2D eigenvalue weighted by atomic mass is 35.5. The minimum absolute atomic E-state index is 0.468. The zero-order valence-electron chi connectivity index (χ0n) is 12.1. The average Bonchev–Trinajstić information content (AvgIpc) is 2.89. The lowest BCUT2D eigenvalue weighted by Crippen LogP contribution is -2.01. The van der Waals surface area contributed by atoms with Gasteiger partial charge in [0, 0.05) is 18.3 Å². The maximum absolute atomic E-state index is 6.19. The smallest absolute Gasteiger partial charge is 0.189 e. The van der Waals surface area contributed by atoms with Crippen molar-refractivity contribution in [2.24, 2.45) is 7.05 Å². The second kappa shape index (κ2) is 4.28. The van der Waals surface area contributed by atoms with E-state index in [1.165, 1.54) is 0 Å². The minimum atomic E-state index is 0.468. The maximum atomic E-state index is 6.19. The molecular weight excluding hydrogens is 276 g/mol. The van der Waals surface area contributed by atoms with Crippen molar-refractivity contribution >= 4 is 17.2 Å². The molecular formula is C13H15ClN6. The first-order valence-electron chi connectivity index (χ1n) is 6.30. The third-order valence-electron chi connectivity index (χ3n) is 3.77. The first kappa shape index (κ1) is 13.1. The van der Waals surface area contributed by atoms with Gasteiger partial charge in [-0.1, -0.05) is 11.6 Å². The summed E-state index contributed by atoms with van der Waals surface area (Å²) < 4.78 is 3.52. The van der Waals surface area contributed by atoms with Crippen molar-refractivity contribution in [3.05, 3.63) is 27.7 Å². The van der Waals surface area contributed by atoms with Crippen LogP contribution in [-0.4, -0.2) is 29.6 Å². The van der Waals surface area contributed by atoms with Gasteiger partial charge in [-0.05, 0) is 33.3 Å². The van der Waals surface area contributed by atoms with Crippen LogP contribution in [-0.2, 0) is 7.05 Å². The van der Waals surface area contributed by atoms with Crippen molar-refractivity contribution in [3.63, 3.8) is 0 Å². The standard InChI is InChI=1S/C13H15ClN6/c1-6-7(2)12-15-16-13(20(12)18-11(6)14)10-8(3)17-19(5)9(10)4/h1-5H3. The SMILES string of the molecule is Cc1nn(C)c(C)c1-c1nnc2c(C)c(C)c(Cl)nn12. The van der Waals surface area contributed by atoms with Gasteiger partial charge in [0.05, 0.1) is 11.3 Å². The summed E-state index contributed by atoms with van der Waals surface area (Å²) in [4.78, 5) is 0. The molecule has 0 atom stereocenters. The molecule has 0 unspecified atom stereocenters. The molecule has 0 spiro atoms. The molecule has 0 fully saturated rings. The Bertz CT molecular complexity index is 829. The Morgan fingerprint density at radius 1 is 0.950 bits per heavy atom. The lowest BCUT2D eigenvalue weighted by Gasteiger charge is -2.05. The molecule has 0 N–H and O–H groups in total. The Labute approximate surface area is 121 Å². The van der Waals surface area contributed by atoms with Crippen LogP contribution in [0.1, 0.15) is 22.5 Å². The van der Waals surface area contributed by atoms with Crippen LogP contribution in [0.15, 0.2) is 0 Å². The number of rotatable bonds is 1. The summed E-state index contributed by atoms with van der Waals surface area (Å²) in [6, 6.07) is 0. The van der Waals surface area contributed by atoms with E-state index >= 15 is 0 Å². The first-order valence-corrected chi connectivity index (χ1v) is 6.68. The average molecular weight is 291 g/mol. The molecule has 0 aliphatic carbocycles. The molecule has 6 nitrogen and oxygen atoms in total. The second-order valence-electron chi connectivity index (χ2n) is 4.97. The molecule has 3 heterocycles. The summed E-state index contributed by atoms with van der Waals surface area (Å²) in [5, 5.41) is 17.8. The number of aryl methyl sites for hydroxylation is 3. The van der Waals surface area contributed by atoms with Crippen LogP contribution in [0.3, 0.4) is 0 Å². The molecule has 20 heavy (non-hydrogen) atoms. The highest BCUT2D eigenvalue weighted by Crippen LogP contribution is 2.27. The van der Waals surface area contributed by atoms with Crippen LogP contribution in [0, 0.1) is 27.7 Å². The number of nitrogens with zero attached hydrogens (tertiary/aromatic N) is 6. The highest BCUT2D eigenvalue weighted by molar-refractivity contribution is 6.30. The molecule has 0 saturated carbocycles. The van der Waals surface area contributed by atoms with Gasteiger partial charge in [0.2, 0.25) is 0 Å². The number of hydrogen-bond donors (Lipinski definition) is 0. The maximum Gasteiger partial charge on any atom is 0.189 e. The topological polar surface area (TPSA) is 60.9 Å². The van der Waals surface area contributed by atoms with Gasteiger partial charge in [-0.15, -0.1) is 10.2 Å². The van der Waals surface area contributed by atoms with Crippen molar-refractivity contribution in [2.45, 2.75) is 27.7 Å². The van der Waals surface area contributed by atoms with E-state index in [9.17, 15) is 0 Å². The van der Waals surface area contributed by atoms with Gasteiger partial charge >= 0.3 is 0 Å². The van der Waals surface area contributed by atoms with Crippen LogP contribution < -0.4 is 0 Å². The van der Waals surface area contributed by atoms with Crippen molar-refractivity contribution in [2.75, 3.05) is 0 Å². The molecule has 104 valence electrons. The van der Waals surface area contributed by atoms with Gasteiger partial charge in [-0.2, -0.15) is 14.7 Å². The van der Waals surface area contributed by atoms with E-state index in [2.05, 4.69) is 20.4 Å². The molecule has 7 heteroatoms. The van der Waals surface area contributed by atoms with Crippen molar-refractivity contribution in [1.29, 1.82) is 0 Å². The second-order valence-corrected chi connectivity index (χ2v) is 5.33. The zero-order valence-corrected chi connectivity index (χ0v) is 12.8. The van der Waals surface area contributed by atoms with E-state index in [4.69, 9.17) is 11.6 Å². The zero-order chi connectivity index (χ0) is 14.6. The van der Waals surface area contributed by atoms with Crippen LogP contribution in [0.4, 0.5) is 0 Å². The number of hydrogen-bond acceptors (Lipinski definition) is 4. The molecule has 3 aromatic heterocycles. The van der Waals surface area contributed by atoms with E-state index in [0.717, 1.165) is 33.7 Å². The summed E-state index contributed by atoms with van der Waals surface area (Å²) in [6.07, 6.45) is 0. The van der Waals surface area contributed by atoms with E-state index in [-0.39, 0.29) is 0 Å². The van der Waals surface area contributed by atoms with Gasteiger partial charge in [0.15, 0.2) is 16.6 Å². The molecule has 3 rings (SSSR count). The molecule has 0 saturated heterocycles. The van der Waals surface area contributed by atoms with Crippen molar-refractivity contribution in [3.8, 4) is 11.4 Å². The van der Waals surface area contributed by atoms with E-state index < -0.39 is 0 Å². The molecule has 0 aliphatic rings. The fraction of sp³-hybridized carbons (Fsp3) is 0.385. The largest absolute Gasteiger partial charge is 0.272 e. The Balaban J connectivity index is 2.39. The van der Waals surface area contributed by atoms with E-state index in [1.54, 1.807) is 4.52 Å². The Morgan fingerprint density at radius 3 is 2.25 bits per heavy atom. The number of aromatic nitrogens is 6. The van der Waals surface area contributed by atoms with Gasteiger partial charge in [0.1, 0.15) is 0 Å². The fourth-order valence-electron chi connectivity index (χ4n) is 2.35. The van der Waals surface area contributed by atoms with Gasteiger partial charge < -0.3 is 0 Å². The predicted molar refractivity (Wildman–Crippen MR) is 76.9 cm³/mol. The van der Waals surface area contributed by atoms with Gasteiger partial charge in [0.25, 0.3) is 0 Å². The monoisotopic (exact) mass is 290 g/mol. The Hall–Kier alpha value is -1.95. The minimum Gasteiger partial charge on any atom is -0.272 e. The van der Waals surface area contributed by atoms with Crippen LogP contribution in [0.2, 0.25) is 5.15 Å². The third-order valence-corrected chi connectivity index (χ3v) is 4.13. The lowest BCUT2D eigenvalue weighted by molar-refractivity contribution is 0.731. The summed E-state index contributed by atoms with van der Waals surface area (Å²) in [7, 11) is 1.91. The quantitative estimate of drug-likeness (QED) is 0.690. The first-order chi connectivity index (χ1) is 9.41. The fourth-order valence-corrected chi connectivity index (χ4v) is 2.56. The predicted octanol–water partition coefficient (Wildman–Crippen LogP) is 2.41. The summed E-state index contributed by atoms with van der Waals surface area (Å²) >= 11 is 6.19. The van der Waals surface area contributed by atoms with Crippen LogP contribution in [0.25, 0.3) is 17.0 Å². The Morgan fingerprint density at radius 2 is 1.65 bits per heavy atom. The summed E-state index contributed by atoms with van der Waals surface area (Å²) in [5.41, 5.74) is 5.51. The van der Waals surface area contributed by atoms with Crippen molar-refractivity contribution < 1.29 is 0 Å². The molecule has 0 bridgehead atoms. The molecule has 0 aliphatic heterocycles. The summed E-state index contributed by atoms with van der Waals surface area (Å²) in [6.45, 7) is 7.85. The number of halogens is 1. The van der Waals surface area contributed by atoms with E-state index in [1.807, 2.05) is 39.4 Å². The van der Waals surface area contributed by atoms with Gasteiger partial charge in [-0.25, -0.2) is 0 Å². The Kier molecular flexibility index (Phi) is 2.79. The molecule has 0 amide bonds. The van der Waals surface area contributed by atoms with E-state index in [0.29, 0.717) is 11.0 Å². The van der Waals surface area contributed by atoms with Crippen LogP contribution in [0.5, 0.6) is 0 Å². The molecule has 0 radical (unpaired) electrons.